The van der Waals surface area contributed by atoms with E-state index in [0.717, 1.165) is 25.9 Å². The molecular weight excluding hydrogens is 477 g/mol. The van der Waals surface area contributed by atoms with Gasteiger partial charge in [0.1, 0.15) is 23.9 Å². The van der Waals surface area contributed by atoms with E-state index in [4.69, 9.17) is 9.47 Å². The Bertz CT molecular complexity index is 917. The minimum absolute atomic E-state index is 0.155. The number of anilines is 1. The Labute approximate surface area is 174 Å². The number of halogens is 3. The number of benzene rings is 3. The van der Waals surface area contributed by atoms with Gasteiger partial charge in [-0.05, 0) is 58.4 Å². The molecule has 0 aliphatic carbocycles. The van der Waals surface area contributed by atoms with E-state index >= 15 is 0 Å². The molecule has 0 spiro atoms. The summed E-state index contributed by atoms with van der Waals surface area (Å²) >= 11 is 7.05. The summed E-state index contributed by atoms with van der Waals surface area (Å²) in [6, 6.07) is 18.2. The van der Waals surface area contributed by atoms with E-state index in [-0.39, 0.29) is 12.4 Å². The molecule has 1 N–H and O–H groups in total. The SMILES string of the molecule is COc1ccc(NCc2cc(Br)cc(Br)c2OCc2ccccc2F)cc1. The number of rotatable bonds is 7. The van der Waals surface area contributed by atoms with Gasteiger partial charge in [0.15, 0.2) is 0 Å². The first kappa shape index (κ1) is 19.7. The van der Waals surface area contributed by atoms with Crippen molar-refractivity contribution in [3.8, 4) is 11.5 Å². The summed E-state index contributed by atoms with van der Waals surface area (Å²) in [4.78, 5) is 0. The Morgan fingerprint density at radius 2 is 1.70 bits per heavy atom. The smallest absolute Gasteiger partial charge is 0.139 e. The quantitative estimate of drug-likeness (QED) is 0.404. The van der Waals surface area contributed by atoms with Gasteiger partial charge in [0.2, 0.25) is 0 Å². The van der Waals surface area contributed by atoms with Gasteiger partial charge in [0.05, 0.1) is 11.6 Å². The van der Waals surface area contributed by atoms with Gasteiger partial charge in [-0.25, -0.2) is 4.39 Å². The number of ether oxygens (including phenoxy) is 2. The molecular formula is C21H18Br2FNO2. The lowest BCUT2D eigenvalue weighted by atomic mass is 10.2. The fourth-order valence-electron chi connectivity index (χ4n) is 2.58. The molecule has 0 amide bonds. The van der Waals surface area contributed by atoms with Crippen LogP contribution in [0.25, 0.3) is 0 Å². The van der Waals surface area contributed by atoms with Crippen molar-refractivity contribution in [2.45, 2.75) is 13.2 Å². The van der Waals surface area contributed by atoms with Gasteiger partial charge < -0.3 is 14.8 Å². The van der Waals surface area contributed by atoms with Crippen LogP contribution in [-0.4, -0.2) is 7.11 Å². The summed E-state index contributed by atoms with van der Waals surface area (Å²) in [5.41, 5.74) is 2.43. The molecule has 0 atom stereocenters. The van der Waals surface area contributed by atoms with Crippen LogP contribution in [0.2, 0.25) is 0 Å². The van der Waals surface area contributed by atoms with Crippen molar-refractivity contribution in [2.75, 3.05) is 12.4 Å². The Morgan fingerprint density at radius 3 is 2.41 bits per heavy atom. The van der Waals surface area contributed by atoms with Crippen molar-refractivity contribution in [3.05, 3.63) is 86.6 Å². The Balaban J connectivity index is 1.76. The zero-order valence-electron chi connectivity index (χ0n) is 14.6. The monoisotopic (exact) mass is 493 g/mol. The van der Waals surface area contributed by atoms with Crippen molar-refractivity contribution in [1.29, 1.82) is 0 Å². The topological polar surface area (TPSA) is 30.5 Å². The molecule has 3 rings (SSSR count). The standard InChI is InChI=1S/C21H18Br2FNO2/c1-26-18-8-6-17(7-9-18)25-12-15-10-16(22)11-19(23)21(15)27-13-14-4-2-3-5-20(14)24/h2-11,25H,12-13H2,1H3. The summed E-state index contributed by atoms with van der Waals surface area (Å²) in [5.74, 6) is 1.21. The zero-order valence-corrected chi connectivity index (χ0v) is 17.8. The Hall–Kier alpha value is -2.05. The molecule has 0 aliphatic rings. The van der Waals surface area contributed by atoms with Crippen LogP contribution in [-0.2, 0) is 13.2 Å². The van der Waals surface area contributed by atoms with Crippen LogP contribution in [0.1, 0.15) is 11.1 Å². The molecule has 0 aromatic heterocycles. The maximum Gasteiger partial charge on any atom is 0.139 e. The fraction of sp³-hybridized carbons (Fsp3) is 0.143. The second kappa shape index (κ2) is 9.24. The van der Waals surface area contributed by atoms with Crippen LogP contribution in [0.4, 0.5) is 10.1 Å². The molecule has 140 valence electrons. The zero-order chi connectivity index (χ0) is 19.2. The van der Waals surface area contributed by atoms with Gasteiger partial charge in [-0.2, -0.15) is 0 Å². The van der Waals surface area contributed by atoms with E-state index < -0.39 is 0 Å². The van der Waals surface area contributed by atoms with Crippen LogP contribution < -0.4 is 14.8 Å². The molecule has 0 saturated carbocycles. The highest BCUT2D eigenvalue weighted by atomic mass is 79.9. The van der Waals surface area contributed by atoms with Crippen molar-refractivity contribution in [2.24, 2.45) is 0 Å². The van der Waals surface area contributed by atoms with Gasteiger partial charge in [-0.3, -0.25) is 0 Å². The average molecular weight is 495 g/mol. The first-order valence-electron chi connectivity index (χ1n) is 8.29. The minimum atomic E-state index is -0.274. The summed E-state index contributed by atoms with van der Waals surface area (Å²) in [5, 5.41) is 3.37. The maximum atomic E-state index is 13.9. The van der Waals surface area contributed by atoms with E-state index in [1.165, 1.54) is 6.07 Å². The van der Waals surface area contributed by atoms with Crippen LogP contribution in [0.5, 0.6) is 11.5 Å². The molecule has 3 aromatic rings. The summed E-state index contributed by atoms with van der Waals surface area (Å²) in [6.07, 6.45) is 0. The Kier molecular flexibility index (Phi) is 6.74. The summed E-state index contributed by atoms with van der Waals surface area (Å²) < 4.78 is 26.7. The third kappa shape index (κ3) is 5.23. The lowest BCUT2D eigenvalue weighted by Crippen LogP contribution is -2.05. The van der Waals surface area contributed by atoms with E-state index in [9.17, 15) is 4.39 Å². The molecule has 0 radical (unpaired) electrons. The molecule has 0 fully saturated rings. The second-order valence-electron chi connectivity index (χ2n) is 5.84. The third-order valence-electron chi connectivity index (χ3n) is 3.99. The lowest BCUT2D eigenvalue weighted by Gasteiger charge is -2.16. The molecule has 0 bridgehead atoms. The van der Waals surface area contributed by atoms with Crippen molar-refractivity contribution in [1.82, 2.24) is 0 Å². The van der Waals surface area contributed by atoms with E-state index in [0.29, 0.717) is 17.9 Å². The molecule has 27 heavy (non-hydrogen) atoms. The minimum Gasteiger partial charge on any atom is -0.497 e. The molecule has 3 nitrogen and oxygen atoms in total. The highest BCUT2D eigenvalue weighted by molar-refractivity contribution is 9.11. The van der Waals surface area contributed by atoms with Crippen LogP contribution in [0.15, 0.2) is 69.6 Å². The molecule has 0 saturated heterocycles. The van der Waals surface area contributed by atoms with Crippen molar-refractivity contribution in [3.63, 3.8) is 0 Å². The number of hydrogen-bond acceptors (Lipinski definition) is 3. The van der Waals surface area contributed by atoms with E-state index in [2.05, 4.69) is 37.2 Å². The largest absolute Gasteiger partial charge is 0.497 e. The van der Waals surface area contributed by atoms with Crippen molar-refractivity contribution < 1.29 is 13.9 Å². The molecule has 6 heteroatoms. The highest BCUT2D eigenvalue weighted by Gasteiger charge is 2.12. The van der Waals surface area contributed by atoms with Gasteiger partial charge in [0.25, 0.3) is 0 Å². The molecule has 3 aromatic carbocycles. The van der Waals surface area contributed by atoms with Gasteiger partial charge >= 0.3 is 0 Å². The first-order chi connectivity index (χ1) is 13.1. The van der Waals surface area contributed by atoms with E-state index in [1.807, 2.05) is 36.4 Å². The predicted molar refractivity (Wildman–Crippen MR) is 113 cm³/mol. The fourth-order valence-corrected chi connectivity index (χ4v) is 4.01. The summed E-state index contributed by atoms with van der Waals surface area (Å²) in [6.45, 7) is 0.708. The average Bonchev–Trinajstić information content (AvgIpc) is 2.67. The number of hydrogen-bond donors (Lipinski definition) is 1. The predicted octanol–water partition coefficient (Wildman–Crippen LogP) is 6.55. The number of nitrogens with one attached hydrogen (secondary N) is 1. The van der Waals surface area contributed by atoms with Gasteiger partial charge in [0, 0.05) is 27.8 Å². The highest BCUT2D eigenvalue weighted by Crippen LogP contribution is 2.34. The van der Waals surface area contributed by atoms with E-state index in [1.54, 1.807) is 25.3 Å². The van der Waals surface area contributed by atoms with Gasteiger partial charge in [-0.1, -0.05) is 34.1 Å². The number of methoxy groups -OCH3 is 1. The van der Waals surface area contributed by atoms with Crippen molar-refractivity contribution >= 4 is 37.5 Å². The maximum absolute atomic E-state index is 13.9. The third-order valence-corrected chi connectivity index (χ3v) is 5.04. The molecule has 0 aliphatic heterocycles. The van der Waals surface area contributed by atoms with Gasteiger partial charge in [-0.15, -0.1) is 0 Å². The Morgan fingerprint density at radius 1 is 0.963 bits per heavy atom. The molecule has 0 unspecified atom stereocenters. The summed E-state index contributed by atoms with van der Waals surface area (Å²) in [7, 11) is 1.64. The second-order valence-corrected chi connectivity index (χ2v) is 7.61. The van der Waals surface area contributed by atoms with Crippen LogP contribution in [0, 0.1) is 5.82 Å². The normalized spacial score (nSPS) is 10.5. The van der Waals surface area contributed by atoms with Crippen LogP contribution in [0.3, 0.4) is 0 Å². The first-order valence-corrected chi connectivity index (χ1v) is 9.87. The molecule has 0 heterocycles. The van der Waals surface area contributed by atoms with Crippen LogP contribution >= 0.6 is 31.9 Å². The lowest BCUT2D eigenvalue weighted by molar-refractivity contribution is 0.295.